The molecule has 0 saturated carbocycles. The summed E-state index contributed by atoms with van der Waals surface area (Å²) in [6, 6.07) is 8.47. The summed E-state index contributed by atoms with van der Waals surface area (Å²) in [6.07, 6.45) is 0. The summed E-state index contributed by atoms with van der Waals surface area (Å²) in [7, 11) is 0. The van der Waals surface area contributed by atoms with Gasteiger partial charge >= 0.3 is 5.50 Å². The number of hydrogen-bond donors (Lipinski definition) is 0. The maximum absolute atomic E-state index is 10.2. The van der Waals surface area contributed by atoms with Gasteiger partial charge in [-0.3, -0.25) is 10.1 Å². The molecule has 0 heterocycles. The van der Waals surface area contributed by atoms with Gasteiger partial charge in [-0.25, -0.2) is 0 Å². The van der Waals surface area contributed by atoms with Crippen LogP contribution in [0.15, 0.2) is 30.3 Å². The Hall–Kier alpha value is -1.09. The standard InChI is InChI=1S/C7H6ClNO2/c8-7(9(10)11)6-4-2-1-3-5-6/h1-5,7H. The van der Waals surface area contributed by atoms with E-state index in [1.807, 2.05) is 0 Å². The van der Waals surface area contributed by atoms with Crippen molar-refractivity contribution in [1.82, 2.24) is 0 Å². The molecule has 0 spiro atoms. The first kappa shape index (κ1) is 8.01. The van der Waals surface area contributed by atoms with Crippen LogP contribution in [0.5, 0.6) is 0 Å². The molecule has 58 valence electrons. The van der Waals surface area contributed by atoms with Crippen LogP contribution >= 0.6 is 11.6 Å². The molecule has 0 radical (unpaired) electrons. The van der Waals surface area contributed by atoms with E-state index < -0.39 is 10.4 Å². The summed E-state index contributed by atoms with van der Waals surface area (Å²) in [6.45, 7) is 0. The Morgan fingerprint density at radius 3 is 2.36 bits per heavy atom. The normalized spacial score (nSPS) is 12.5. The van der Waals surface area contributed by atoms with Gasteiger partial charge < -0.3 is 0 Å². The van der Waals surface area contributed by atoms with E-state index in [2.05, 4.69) is 0 Å². The van der Waals surface area contributed by atoms with Crippen LogP contribution in [0.1, 0.15) is 11.1 Å². The highest BCUT2D eigenvalue weighted by Gasteiger charge is 2.16. The first-order valence-electron chi connectivity index (χ1n) is 3.04. The van der Waals surface area contributed by atoms with Gasteiger partial charge in [0.05, 0.1) is 0 Å². The molecule has 3 nitrogen and oxygen atoms in total. The number of halogens is 1. The lowest BCUT2D eigenvalue weighted by Gasteiger charge is -1.99. The van der Waals surface area contributed by atoms with Crippen LogP contribution in [-0.2, 0) is 0 Å². The predicted octanol–water partition coefficient (Wildman–Crippen LogP) is 2.20. The van der Waals surface area contributed by atoms with Crippen molar-refractivity contribution in [3.8, 4) is 0 Å². The van der Waals surface area contributed by atoms with Crippen LogP contribution in [0.4, 0.5) is 0 Å². The fourth-order valence-corrected chi connectivity index (χ4v) is 0.879. The van der Waals surface area contributed by atoms with Gasteiger partial charge in [0.2, 0.25) is 0 Å². The van der Waals surface area contributed by atoms with E-state index in [9.17, 15) is 10.1 Å². The molecule has 0 N–H and O–H groups in total. The minimum atomic E-state index is -1.13. The average Bonchev–Trinajstić information content (AvgIpc) is 2.05. The number of benzene rings is 1. The number of rotatable bonds is 2. The topological polar surface area (TPSA) is 43.1 Å². The second-order valence-electron chi connectivity index (χ2n) is 2.03. The minimum Gasteiger partial charge on any atom is -0.263 e. The molecule has 1 unspecified atom stereocenters. The van der Waals surface area contributed by atoms with E-state index in [-0.39, 0.29) is 0 Å². The molecule has 1 rings (SSSR count). The lowest BCUT2D eigenvalue weighted by Crippen LogP contribution is -2.02. The van der Waals surface area contributed by atoms with E-state index in [1.165, 1.54) is 0 Å². The molecule has 1 aromatic rings. The third-order valence-electron chi connectivity index (χ3n) is 1.26. The van der Waals surface area contributed by atoms with E-state index in [0.29, 0.717) is 5.56 Å². The molecular weight excluding hydrogens is 166 g/mol. The van der Waals surface area contributed by atoms with Crippen molar-refractivity contribution in [2.45, 2.75) is 5.50 Å². The van der Waals surface area contributed by atoms with Crippen molar-refractivity contribution >= 4 is 11.6 Å². The molecular formula is C7H6ClNO2. The average molecular weight is 172 g/mol. The Labute approximate surface area is 68.8 Å². The van der Waals surface area contributed by atoms with E-state index in [0.717, 1.165) is 0 Å². The summed E-state index contributed by atoms with van der Waals surface area (Å²) in [5, 5.41) is 10.2. The van der Waals surface area contributed by atoms with Gasteiger partial charge in [0, 0.05) is 10.5 Å². The molecule has 0 aliphatic rings. The van der Waals surface area contributed by atoms with E-state index in [4.69, 9.17) is 11.6 Å². The second-order valence-corrected chi connectivity index (χ2v) is 2.45. The maximum Gasteiger partial charge on any atom is 0.311 e. The zero-order valence-electron chi connectivity index (χ0n) is 5.61. The number of nitrogens with zero attached hydrogens (tertiary/aromatic N) is 1. The van der Waals surface area contributed by atoms with Gasteiger partial charge in [0.15, 0.2) is 0 Å². The van der Waals surface area contributed by atoms with Crippen LogP contribution in [0.3, 0.4) is 0 Å². The highest BCUT2D eigenvalue weighted by Crippen LogP contribution is 2.19. The molecule has 1 atom stereocenters. The molecule has 0 amide bonds. The fraction of sp³-hybridized carbons (Fsp3) is 0.143. The summed E-state index contributed by atoms with van der Waals surface area (Å²) < 4.78 is 0. The van der Waals surface area contributed by atoms with Crippen molar-refractivity contribution in [2.75, 3.05) is 0 Å². The second kappa shape index (κ2) is 3.34. The van der Waals surface area contributed by atoms with Gasteiger partial charge in [-0.2, -0.15) is 0 Å². The van der Waals surface area contributed by atoms with Gasteiger partial charge in [0.25, 0.3) is 0 Å². The zero-order chi connectivity index (χ0) is 8.27. The van der Waals surface area contributed by atoms with Crippen LogP contribution in [0, 0.1) is 10.1 Å². The largest absolute Gasteiger partial charge is 0.311 e. The van der Waals surface area contributed by atoms with Crippen molar-refractivity contribution < 1.29 is 4.92 Å². The number of alkyl halides is 1. The molecule has 1 aromatic carbocycles. The Morgan fingerprint density at radius 1 is 1.36 bits per heavy atom. The third-order valence-corrected chi connectivity index (χ3v) is 1.67. The molecule has 11 heavy (non-hydrogen) atoms. The van der Waals surface area contributed by atoms with Crippen molar-refractivity contribution in [3.05, 3.63) is 46.0 Å². The van der Waals surface area contributed by atoms with Crippen LogP contribution < -0.4 is 0 Å². The van der Waals surface area contributed by atoms with Crippen molar-refractivity contribution in [2.24, 2.45) is 0 Å². The van der Waals surface area contributed by atoms with Crippen molar-refractivity contribution in [3.63, 3.8) is 0 Å². The molecule has 0 saturated heterocycles. The minimum absolute atomic E-state index is 0.513. The smallest absolute Gasteiger partial charge is 0.263 e. The van der Waals surface area contributed by atoms with Gasteiger partial charge in [-0.1, -0.05) is 30.3 Å². The molecule has 4 heteroatoms. The number of hydrogen-bond acceptors (Lipinski definition) is 2. The van der Waals surface area contributed by atoms with Crippen molar-refractivity contribution in [1.29, 1.82) is 0 Å². The lowest BCUT2D eigenvalue weighted by molar-refractivity contribution is -0.503. The summed E-state index contributed by atoms with van der Waals surface area (Å²) in [5.74, 6) is 0. The van der Waals surface area contributed by atoms with Gasteiger partial charge in [-0.15, -0.1) is 0 Å². The molecule has 0 bridgehead atoms. The lowest BCUT2D eigenvalue weighted by atomic mass is 10.2. The Balaban J connectivity index is 2.85. The van der Waals surface area contributed by atoms with Crippen LogP contribution in [0.25, 0.3) is 0 Å². The number of nitro groups is 1. The monoisotopic (exact) mass is 171 g/mol. The van der Waals surface area contributed by atoms with Crippen LogP contribution in [-0.4, -0.2) is 4.92 Å². The zero-order valence-corrected chi connectivity index (χ0v) is 6.36. The first-order valence-corrected chi connectivity index (χ1v) is 3.48. The Kier molecular flexibility index (Phi) is 2.44. The first-order chi connectivity index (χ1) is 5.22. The molecule has 0 aliphatic heterocycles. The van der Waals surface area contributed by atoms with Gasteiger partial charge in [0.1, 0.15) is 0 Å². The summed E-state index contributed by atoms with van der Waals surface area (Å²) >= 11 is 5.44. The predicted molar refractivity (Wildman–Crippen MR) is 42.0 cm³/mol. The fourth-order valence-electron chi connectivity index (χ4n) is 0.734. The maximum atomic E-state index is 10.2. The highest BCUT2D eigenvalue weighted by atomic mass is 35.5. The third kappa shape index (κ3) is 1.91. The highest BCUT2D eigenvalue weighted by molar-refractivity contribution is 6.19. The Bertz CT molecular complexity index is 250. The van der Waals surface area contributed by atoms with Crippen LogP contribution in [0.2, 0.25) is 0 Å². The SMILES string of the molecule is O=[N+]([O-])C(Cl)c1ccccc1. The van der Waals surface area contributed by atoms with Gasteiger partial charge in [-0.05, 0) is 11.6 Å². The summed E-state index contributed by atoms with van der Waals surface area (Å²) in [5.41, 5.74) is -0.615. The summed E-state index contributed by atoms with van der Waals surface area (Å²) in [4.78, 5) is 9.64. The molecule has 0 aromatic heterocycles. The molecule has 0 fully saturated rings. The molecule has 0 aliphatic carbocycles. The quantitative estimate of drug-likeness (QED) is 0.296. The van der Waals surface area contributed by atoms with E-state index in [1.54, 1.807) is 30.3 Å². The van der Waals surface area contributed by atoms with E-state index >= 15 is 0 Å². The Morgan fingerprint density at radius 2 is 1.91 bits per heavy atom.